The molecule has 0 radical (unpaired) electrons. The number of nitrogens with zero attached hydrogens (tertiary/aromatic N) is 1. The van der Waals surface area contributed by atoms with Gasteiger partial charge in [0.25, 0.3) is 0 Å². The van der Waals surface area contributed by atoms with Crippen molar-refractivity contribution in [3.63, 3.8) is 0 Å². The summed E-state index contributed by atoms with van der Waals surface area (Å²) in [4.78, 5) is 15.6. The topological polar surface area (TPSA) is 67.2 Å². The van der Waals surface area contributed by atoms with Crippen molar-refractivity contribution in [1.82, 2.24) is 10.3 Å². The molecule has 0 spiro atoms. The highest BCUT2D eigenvalue weighted by atomic mass is 16.3. The average Bonchev–Trinajstić information content (AvgIpc) is 2.89. The third-order valence-corrected chi connectivity index (χ3v) is 2.66. The van der Waals surface area contributed by atoms with E-state index in [9.17, 15) is 4.79 Å². The van der Waals surface area contributed by atoms with Gasteiger partial charge >= 0.3 is 6.03 Å². The van der Waals surface area contributed by atoms with Crippen molar-refractivity contribution in [3.8, 4) is 0 Å². The van der Waals surface area contributed by atoms with Gasteiger partial charge < -0.3 is 15.1 Å². The molecule has 2 aromatic rings. The van der Waals surface area contributed by atoms with Crippen molar-refractivity contribution < 1.29 is 9.21 Å². The van der Waals surface area contributed by atoms with E-state index in [2.05, 4.69) is 22.5 Å². The Balaban J connectivity index is 0.000000956. The Kier molecular flexibility index (Phi) is 6.56. The van der Waals surface area contributed by atoms with E-state index in [4.69, 9.17) is 4.42 Å². The molecule has 2 rings (SSSR count). The summed E-state index contributed by atoms with van der Waals surface area (Å²) < 4.78 is 5.62. The lowest BCUT2D eigenvalue weighted by Crippen LogP contribution is -2.24. The molecule has 1 heterocycles. The minimum Gasteiger partial charge on any atom is -0.441 e. The molecule has 0 unspecified atom stereocenters. The standard InChI is InChI=1S/C13H17N3O2.C2H6/c1-3-4-5-12-16-10-8-9(15-13(17)14-2)6-7-11(10)18-12;1-2/h6-8H,3-5H2,1-2H3,(H2,14,15,17);1-2H3. The van der Waals surface area contributed by atoms with Gasteiger partial charge in [-0.3, -0.25) is 0 Å². The summed E-state index contributed by atoms with van der Waals surface area (Å²) in [6, 6.07) is 5.18. The second-order valence-corrected chi connectivity index (χ2v) is 4.10. The molecular formula is C15H23N3O2. The van der Waals surface area contributed by atoms with Crippen LogP contribution in [-0.4, -0.2) is 18.1 Å². The van der Waals surface area contributed by atoms with Gasteiger partial charge in [-0.2, -0.15) is 0 Å². The van der Waals surface area contributed by atoms with Crippen LogP contribution < -0.4 is 10.6 Å². The Hall–Kier alpha value is -2.04. The van der Waals surface area contributed by atoms with E-state index in [-0.39, 0.29) is 6.03 Å². The van der Waals surface area contributed by atoms with Crippen LogP contribution in [0.5, 0.6) is 0 Å². The number of fused-ring (bicyclic) bond motifs is 1. The van der Waals surface area contributed by atoms with Crippen LogP contribution in [-0.2, 0) is 6.42 Å². The van der Waals surface area contributed by atoms with Crippen LogP contribution in [0.4, 0.5) is 10.5 Å². The molecule has 0 saturated heterocycles. The Morgan fingerprint density at radius 3 is 2.75 bits per heavy atom. The van der Waals surface area contributed by atoms with E-state index >= 15 is 0 Å². The number of aryl methyl sites for hydroxylation is 1. The number of aromatic nitrogens is 1. The molecule has 0 fully saturated rings. The smallest absolute Gasteiger partial charge is 0.318 e. The fourth-order valence-corrected chi connectivity index (χ4v) is 1.68. The number of carbonyl (C=O) groups is 1. The molecule has 0 aliphatic rings. The molecule has 0 aliphatic carbocycles. The summed E-state index contributed by atoms with van der Waals surface area (Å²) in [6.07, 6.45) is 3.03. The van der Waals surface area contributed by atoms with E-state index in [0.29, 0.717) is 5.69 Å². The summed E-state index contributed by atoms with van der Waals surface area (Å²) >= 11 is 0. The predicted octanol–water partition coefficient (Wildman–Crippen LogP) is 3.95. The van der Waals surface area contributed by atoms with Gasteiger partial charge in [-0.1, -0.05) is 27.2 Å². The minimum atomic E-state index is -0.246. The van der Waals surface area contributed by atoms with Crippen LogP contribution in [0.15, 0.2) is 22.6 Å². The van der Waals surface area contributed by atoms with E-state index in [1.807, 2.05) is 26.0 Å². The van der Waals surface area contributed by atoms with Crippen LogP contribution in [0.2, 0.25) is 0 Å². The summed E-state index contributed by atoms with van der Waals surface area (Å²) in [5.74, 6) is 0.754. The summed E-state index contributed by atoms with van der Waals surface area (Å²) in [5, 5.41) is 5.21. The molecule has 0 atom stereocenters. The van der Waals surface area contributed by atoms with Crippen LogP contribution in [0.1, 0.15) is 39.5 Å². The quantitative estimate of drug-likeness (QED) is 0.889. The van der Waals surface area contributed by atoms with E-state index in [0.717, 1.165) is 36.3 Å². The van der Waals surface area contributed by atoms with Gasteiger partial charge in [0.1, 0.15) is 5.52 Å². The Morgan fingerprint density at radius 2 is 2.10 bits per heavy atom. The Morgan fingerprint density at radius 1 is 1.35 bits per heavy atom. The third-order valence-electron chi connectivity index (χ3n) is 2.66. The second-order valence-electron chi connectivity index (χ2n) is 4.10. The highest BCUT2D eigenvalue weighted by molar-refractivity contribution is 5.91. The first-order valence-electron chi connectivity index (χ1n) is 7.11. The van der Waals surface area contributed by atoms with E-state index < -0.39 is 0 Å². The van der Waals surface area contributed by atoms with Gasteiger partial charge in [0.2, 0.25) is 0 Å². The molecule has 0 bridgehead atoms. The average molecular weight is 277 g/mol. The molecule has 2 N–H and O–H groups in total. The van der Waals surface area contributed by atoms with Crippen molar-refractivity contribution in [2.75, 3.05) is 12.4 Å². The first kappa shape index (κ1) is 16.0. The number of hydrogen-bond acceptors (Lipinski definition) is 3. The van der Waals surface area contributed by atoms with Gasteiger partial charge in [0.05, 0.1) is 0 Å². The number of hydrogen-bond donors (Lipinski definition) is 2. The van der Waals surface area contributed by atoms with Gasteiger partial charge in [0.15, 0.2) is 11.5 Å². The van der Waals surface area contributed by atoms with Crippen LogP contribution in [0.25, 0.3) is 11.1 Å². The number of anilines is 1. The second kappa shape index (κ2) is 8.19. The molecule has 2 amide bonds. The minimum absolute atomic E-state index is 0.246. The Labute approximate surface area is 119 Å². The molecule has 5 nitrogen and oxygen atoms in total. The van der Waals surface area contributed by atoms with Crippen molar-refractivity contribution in [1.29, 1.82) is 0 Å². The van der Waals surface area contributed by atoms with Crippen LogP contribution in [0, 0.1) is 0 Å². The first-order chi connectivity index (χ1) is 9.72. The molecule has 20 heavy (non-hydrogen) atoms. The SMILES string of the molecule is CC.CCCCc1nc2cc(NC(=O)NC)ccc2o1. The number of urea groups is 1. The van der Waals surface area contributed by atoms with Gasteiger partial charge in [-0.15, -0.1) is 0 Å². The molecule has 0 aliphatic heterocycles. The van der Waals surface area contributed by atoms with E-state index in [1.165, 1.54) is 0 Å². The maximum Gasteiger partial charge on any atom is 0.318 e. The number of oxazole rings is 1. The maximum atomic E-state index is 11.2. The molecule has 1 aromatic heterocycles. The van der Waals surface area contributed by atoms with Crippen molar-refractivity contribution in [2.45, 2.75) is 40.0 Å². The molecule has 1 aromatic carbocycles. The number of rotatable bonds is 4. The van der Waals surface area contributed by atoms with Crippen LogP contribution >= 0.6 is 0 Å². The first-order valence-corrected chi connectivity index (χ1v) is 7.11. The number of carbonyl (C=O) groups excluding carboxylic acids is 1. The molecule has 5 heteroatoms. The zero-order valence-corrected chi connectivity index (χ0v) is 12.6. The van der Waals surface area contributed by atoms with E-state index in [1.54, 1.807) is 13.1 Å². The molecule has 0 saturated carbocycles. The molecule has 110 valence electrons. The summed E-state index contributed by atoms with van der Waals surface area (Å²) in [6.45, 7) is 6.13. The number of nitrogens with one attached hydrogen (secondary N) is 2. The fraction of sp³-hybridized carbons (Fsp3) is 0.467. The maximum absolute atomic E-state index is 11.2. The normalized spacial score (nSPS) is 9.80. The largest absolute Gasteiger partial charge is 0.441 e. The third kappa shape index (κ3) is 4.26. The zero-order chi connectivity index (χ0) is 15.0. The van der Waals surface area contributed by atoms with Gasteiger partial charge in [-0.05, 0) is 24.6 Å². The molecular weight excluding hydrogens is 254 g/mol. The monoisotopic (exact) mass is 277 g/mol. The lowest BCUT2D eigenvalue weighted by atomic mass is 10.2. The fourth-order valence-electron chi connectivity index (χ4n) is 1.68. The Bertz CT molecular complexity index is 549. The highest BCUT2D eigenvalue weighted by Crippen LogP contribution is 2.20. The van der Waals surface area contributed by atoms with Gasteiger partial charge in [0, 0.05) is 19.2 Å². The lowest BCUT2D eigenvalue weighted by molar-refractivity contribution is 0.254. The van der Waals surface area contributed by atoms with Crippen molar-refractivity contribution in [2.24, 2.45) is 0 Å². The summed E-state index contributed by atoms with van der Waals surface area (Å²) in [5.41, 5.74) is 2.23. The van der Waals surface area contributed by atoms with Gasteiger partial charge in [-0.25, -0.2) is 9.78 Å². The lowest BCUT2D eigenvalue weighted by Gasteiger charge is -2.02. The number of unbranched alkanes of at least 4 members (excludes halogenated alkanes) is 1. The summed E-state index contributed by atoms with van der Waals surface area (Å²) in [7, 11) is 1.58. The zero-order valence-electron chi connectivity index (χ0n) is 12.6. The van der Waals surface area contributed by atoms with Crippen LogP contribution in [0.3, 0.4) is 0 Å². The highest BCUT2D eigenvalue weighted by Gasteiger charge is 2.07. The number of benzene rings is 1. The number of amides is 2. The van der Waals surface area contributed by atoms with Crippen molar-refractivity contribution in [3.05, 3.63) is 24.1 Å². The predicted molar refractivity (Wildman–Crippen MR) is 82.0 cm³/mol. The van der Waals surface area contributed by atoms with Crippen molar-refractivity contribution >= 4 is 22.8 Å².